The first-order valence-corrected chi connectivity index (χ1v) is 7.14. The quantitative estimate of drug-likeness (QED) is 0.703. The van der Waals surface area contributed by atoms with Gasteiger partial charge in [0.1, 0.15) is 0 Å². The number of carbonyl (C=O) groups is 2. The van der Waals surface area contributed by atoms with Crippen molar-refractivity contribution in [3.05, 3.63) is 0 Å². The van der Waals surface area contributed by atoms with Gasteiger partial charge in [-0.1, -0.05) is 13.8 Å². The van der Waals surface area contributed by atoms with Gasteiger partial charge in [-0.25, -0.2) is 0 Å². The number of aliphatic hydroxyl groups excluding tert-OH is 1. The Labute approximate surface area is 114 Å². The van der Waals surface area contributed by atoms with Crippen LogP contribution in [0, 0.1) is 5.41 Å². The molecule has 0 bridgehead atoms. The van der Waals surface area contributed by atoms with Crippen LogP contribution in [-0.4, -0.2) is 46.2 Å². The lowest BCUT2D eigenvalue weighted by Crippen LogP contribution is -2.48. The summed E-state index contributed by atoms with van der Waals surface area (Å²) in [5, 5.41) is 18.4. The summed E-state index contributed by atoms with van der Waals surface area (Å²) in [5.41, 5.74) is -0.964. The van der Waals surface area contributed by atoms with Crippen LogP contribution in [-0.2, 0) is 9.59 Å². The molecule has 0 spiro atoms. The SMILES string of the molecule is CCC(CC)(CC(=O)N(CCO)C1CCC1)C(=O)O. The van der Waals surface area contributed by atoms with Gasteiger partial charge >= 0.3 is 5.97 Å². The van der Waals surface area contributed by atoms with Crippen molar-refractivity contribution in [2.24, 2.45) is 5.41 Å². The summed E-state index contributed by atoms with van der Waals surface area (Å²) in [6.07, 6.45) is 3.95. The van der Waals surface area contributed by atoms with Gasteiger partial charge in [0, 0.05) is 19.0 Å². The van der Waals surface area contributed by atoms with Crippen LogP contribution in [0.3, 0.4) is 0 Å². The highest BCUT2D eigenvalue weighted by atomic mass is 16.4. The Morgan fingerprint density at radius 3 is 2.16 bits per heavy atom. The minimum Gasteiger partial charge on any atom is -0.481 e. The largest absolute Gasteiger partial charge is 0.481 e. The monoisotopic (exact) mass is 271 g/mol. The third-order valence-electron chi connectivity index (χ3n) is 4.47. The van der Waals surface area contributed by atoms with E-state index in [0.29, 0.717) is 19.4 Å². The Morgan fingerprint density at radius 2 is 1.84 bits per heavy atom. The summed E-state index contributed by atoms with van der Waals surface area (Å²) in [6.45, 7) is 3.86. The van der Waals surface area contributed by atoms with E-state index in [9.17, 15) is 14.7 Å². The number of aliphatic carboxylic acids is 1. The van der Waals surface area contributed by atoms with Gasteiger partial charge < -0.3 is 15.1 Å². The molecule has 0 heterocycles. The molecule has 5 heteroatoms. The van der Waals surface area contributed by atoms with E-state index in [0.717, 1.165) is 19.3 Å². The predicted molar refractivity (Wildman–Crippen MR) is 71.7 cm³/mol. The molecule has 0 radical (unpaired) electrons. The van der Waals surface area contributed by atoms with Gasteiger partial charge in [-0.2, -0.15) is 0 Å². The molecule has 1 fully saturated rings. The molecule has 0 aromatic heterocycles. The van der Waals surface area contributed by atoms with Crippen molar-refractivity contribution in [1.29, 1.82) is 0 Å². The third kappa shape index (κ3) is 3.47. The Kier molecular flexibility index (Phi) is 5.79. The summed E-state index contributed by atoms with van der Waals surface area (Å²) in [4.78, 5) is 25.5. The van der Waals surface area contributed by atoms with E-state index in [1.807, 2.05) is 13.8 Å². The van der Waals surface area contributed by atoms with Crippen molar-refractivity contribution >= 4 is 11.9 Å². The van der Waals surface area contributed by atoms with Crippen LogP contribution in [0.4, 0.5) is 0 Å². The van der Waals surface area contributed by atoms with E-state index >= 15 is 0 Å². The van der Waals surface area contributed by atoms with Crippen LogP contribution in [0.15, 0.2) is 0 Å². The molecule has 19 heavy (non-hydrogen) atoms. The summed E-state index contributed by atoms with van der Waals surface area (Å²) < 4.78 is 0. The van der Waals surface area contributed by atoms with Crippen LogP contribution in [0.25, 0.3) is 0 Å². The minimum atomic E-state index is -0.964. The minimum absolute atomic E-state index is 0.0336. The van der Waals surface area contributed by atoms with Crippen molar-refractivity contribution in [3.8, 4) is 0 Å². The number of carboxylic acid groups (broad SMARTS) is 1. The molecule has 1 aliphatic rings. The lowest BCUT2D eigenvalue weighted by Gasteiger charge is -2.39. The highest BCUT2D eigenvalue weighted by molar-refractivity contribution is 5.85. The molecule has 5 nitrogen and oxygen atoms in total. The fourth-order valence-corrected chi connectivity index (χ4v) is 2.59. The molecule has 2 N–H and O–H groups in total. The van der Waals surface area contributed by atoms with Crippen molar-refractivity contribution in [1.82, 2.24) is 4.90 Å². The van der Waals surface area contributed by atoms with Gasteiger partial charge in [0.2, 0.25) is 5.91 Å². The van der Waals surface area contributed by atoms with E-state index in [2.05, 4.69) is 0 Å². The van der Waals surface area contributed by atoms with Crippen molar-refractivity contribution < 1.29 is 19.8 Å². The van der Waals surface area contributed by atoms with E-state index in [4.69, 9.17) is 5.11 Å². The van der Waals surface area contributed by atoms with Gasteiger partial charge in [0.05, 0.1) is 12.0 Å². The summed E-state index contributed by atoms with van der Waals surface area (Å²) in [7, 11) is 0. The molecule has 1 rings (SSSR count). The average Bonchev–Trinajstić information content (AvgIpc) is 2.32. The van der Waals surface area contributed by atoms with Crippen molar-refractivity contribution in [2.75, 3.05) is 13.2 Å². The molecule has 0 aromatic rings. The Balaban J connectivity index is 2.75. The van der Waals surface area contributed by atoms with E-state index in [1.54, 1.807) is 4.90 Å². The second-order valence-electron chi connectivity index (χ2n) is 5.36. The molecule has 1 aliphatic carbocycles. The number of rotatable bonds is 8. The summed E-state index contributed by atoms with van der Waals surface area (Å²) >= 11 is 0. The van der Waals surface area contributed by atoms with Gasteiger partial charge in [0.25, 0.3) is 0 Å². The fourth-order valence-electron chi connectivity index (χ4n) is 2.59. The van der Waals surface area contributed by atoms with Crippen molar-refractivity contribution in [3.63, 3.8) is 0 Å². The van der Waals surface area contributed by atoms with Crippen LogP contribution in [0.1, 0.15) is 52.4 Å². The van der Waals surface area contributed by atoms with Gasteiger partial charge in [-0.05, 0) is 32.1 Å². The lowest BCUT2D eigenvalue weighted by molar-refractivity contribution is -0.155. The predicted octanol–water partition coefficient (Wildman–Crippen LogP) is 1.64. The second kappa shape index (κ2) is 6.89. The number of aliphatic hydroxyl groups is 1. The number of nitrogens with zero attached hydrogens (tertiary/aromatic N) is 1. The number of hydrogen-bond acceptors (Lipinski definition) is 3. The van der Waals surface area contributed by atoms with Gasteiger partial charge in [-0.3, -0.25) is 9.59 Å². The maximum absolute atomic E-state index is 12.4. The summed E-state index contributed by atoms with van der Waals surface area (Å²) in [6, 6.07) is 0.194. The van der Waals surface area contributed by atoms with E-state index in [-0.39, 0.29) is 25.0 Å². The summed E-state index contributed by atoms with van der Waals surface area (Å²) in [5.74, 6) is -1.03. The molecule has 0 unspecified atom stereocenters. The first-order chi connectivity index (χ1) is 9.00. The maximum Gasteiger partial charge on any atom is 0.310 e. The van der Waals surface area contributed by atoms with Gasteiger partial charge in [0.15, 0.2) is 0 Å². The maximum atomic E-state index is 12.4. The molecule has 110 valence electrons. The molecular weight excluding hydrogens is 246 g/mol. The molecular formula is C14H25NO4. The van der Waals surface area contributed by atoms with Crippen LogP contribution >= 0.6 is 0 Å². The first-order valence-electron chi connectivity index (χ1n) is 7.14. The molecule has 0 saturated heterocycles. The number of carboxylic acids is 1. The van der Waals surface area contributed by atoms with Crippen LogP contribution in [0.2, 0.25) is 0 Å². The van der Waals surface area contributed by atoms with Gasteiger partial charge in [-0.15, -0.1) is 0 Å². The Morgan fingerprint density at radius 1 is 1.26 bits per heavy atom. The lowest BCUT2D eigenvalue weighted by atomic mass is 9.78. The smallest absolute Gasteiger partial charge is 0.310 e. The topological polar surface area (TPSA) is 77.8 Å². The normalized spacial score (nSPS) is 15.9. The molecule has 0 aliphatic heterocycles. The highest BCUT2D eigenvalue weighted by Crippen LogP contribution is 2.33. The Hall–Kier alpha value is -1.10. The highest BCUT2D eigenvalue weighted by Gasteiger charge is 2.40. The second-order valence-corrected chi connectivity index (χ2v) is 5.36. The zero-order chi connectivity index (χ0) is 14.5. The third-order valence-corrected chi connectivity index (χ3v) is 4.47. The van der Waals surface area contributed by atoms with Crippen molar-refractivity contribution in [2.45, 2.75) is 58.4 Å². The van der Waals surface area contributed by atoms with Crippen LogP contribution in [0.5, 0.6) is 0 Å². The fraction of sp³-hybridized carbons (Fsp3) is 0.857. The standard InChI is InChI=1S/C14H25NO4/c1-3-14(4-2,13(18)19)10-12(17)15(8-9-16)11-6-5-7-11/h11,16H,3-10H2,1-2H3,(H,18,19). The number of amides is 1. The first kappa shape index (κ1) is 16.0. The number of hydrogen-bond donors (Lipinski definition) is 2. The zero-order valence-electron chi connectivity index (χ0n) is 11.9. The van der Waals surface area contributed by atoms with E-state index in [1.165, 1.54) is 0 Å². The zero-order valence-corrected chi connectivity index (χ0v) is 11.9. The van der Waals surface area contributed by atoms with Crippen LogP contribution < -0.4 is 0 Å². The number of carbonyl (C=O) groups excluding carboxylic acids is 1. The van der Waals surface area contributed by atoms with E-state index < -0.39 is 11.4 Å². The average molecular weight is 271 g/mol. The Bertz CT molecular complexity index is 321. The molecule has 0 aromatic carbocycles. The molecule has 0 atom stereocenters. The molecule has 1 amide bonds. The molecule has 1 saturated carbocycles.